The molecule has 7 nitrogen and oxygen atoms in total. The normalized spacial score (nSPS) is 11.6. The molecule has 0 unspecified atom stereocenters. The maximum absolute atomic E-state index is 13.1. The van der Waals surface area contributed by atoms with Gasteiger partial charge in [-0.05, 0) is 71.0 Å². The average Bonchev–Trinajstić information content (AvgIpc) is 3.68. The first-order chi connectivity index (χ1) is 26.1. The molecule has 0 aromatic carbocycles. The van der Waals surface area contributed by atoms with Crippen molar-refractivity contribution >= 4 is 11.9 Å². The average molecular weight is 746 g/mol. The van der Waals surface area contributed by atoms with Crippen molar-refractivity contribution in [1.29, 1.82) is 0 Å². The molecule has 7 heteroatoms. The summed E-state index contributed by atoms with van der Waals surface area (Å²) in [4.78, 5) is 31.9. The zero-order valence-electron chi connectivity index (χ0n) is 35.4. The molecular weight excluding hydrogens is 659 g/mol. The molecule has 0 bridgehead atoms. The molecule has 0 amide bonds. The molecule has 1 aromatic rings. The van der Waals surface area contributed by atoms with Crippen LogP contribution in [0.1, 0.15) is 220 Å². The third-order valence-corrected chi connectivity index (χ3v) is 10.8. The lowest BCUT2D eigenvalue weighted by atomic mass is 9.94. The van der Waals surface area contributed by atoms with Gasteiger partial charge < -0.3 is 18.9 Å². The monoisotopic (exact) mass is 746 g/mol. The van der Waals surface area contributed by atoms with Gasteiger partial charge in [0, 0.05) is 25.4 Å². The Kier molecular flexibility index (Phi) is 35.6. The molecule has 1 heterocycles. The van der Waals surface area contributed by atoms with Gasteiger partial charge in [-0.15, -0.1) is 0 Å². The zero-order chi connectivity index (χ0) is 38.3. The van der Waals surface area contributed by atoms with Crippen LogP contribution in [-0.2, 0) is 25.6 Å². The zero-order valence-corrected chi connectivity index (χ0v) is 35.4. The number of nitrogens with zero attached hydrogens (tertiary/aromatic N) is 3. The summed E-state index contributed by atoms with van der Waals surface area (Å²) in [6, 6.07) is 0. The summed E-state index contributed by atoms with van der Waals surface area (Å²) in [6.45, 7) is 12.4. The van der Waals surface area contributed by atoms with Crippen molar-refractivity contribution in [3.63, 3.8) is 0 Å². The molecular formula is C46H87N3O4. The third-order valence-electron chi connectivity index (χ3n) is 10.8. The summed E-state index contributed by atoms with van der Waals surface area (Å²) < 4.78 is 13.4. The molecule has 0 saturated carbocycles. The van der Waals surface area contributed by atoms with E-state index in [4.69, 9.17) is 9.47 Å². The number of aryl methyl sites for hydroxylation is 1. The van der Waals surface area contributed by atoms with E-state index in [0.717, 1.165) is 90.4 Å². The first-order valence-corrected chi connectivity index (χ1v) is 23.1. The second kappa shape index (κ2) is 38.4. The van der Waals surface area contributed by atoms with Gasteiger partial charge in [0.05, 0.1) is 25.5 Å². The molecule has 0 spiro atoms. The first kappa shape index (κ1) is 49.1. The number of unbranched alkanes of at least 4 members (excludes halogenated alkanes) is 22. The molecule has 0 aliphatic heterocycles. The Morgan fingerprint density at radius 2 is 1.00 bits per heavy atom. The highest BCUT2D eigenvalue weighted by atomic mass is 16.5. The fraction of sp³-hybridized carbons (Fsp3) is 0.891. The standard InChI is InChI=1S/C46H87N3O4/c1-4-7-10-13-17-24-32-44(33-25-18-14-11-8-5-2)46(51)53-42-30-23-16-21-28-37-48(38-31-39-49-40-35-47-43-49)36-27-20-15-19-26-34-45(50)52-41-29-22-12-9-6-3/h35,40,43-44H,4-34,36-39,41-42H2,1-3H3. The van der Waals surface area contributed by atoms with Crippen molar-refractivity contribution in [3.8, 4) is 0 Å². The Morgan fingerprint density at radius 3 is 1.53 bits per heavy atom. The quantitative estimate of drug-likeness (QED) is 0.0491. The lowest BCUT2D eigenvalue weighted by Crippen LogP contribution is -2.28. The highest BCUT2D eigenvalue weighted by Crippen LogP contribution is 2.21. The maximum atomic E-state index is 13.1. The number of hydrogen-bond acceptors (Lipinski definition) is 6. The molecule has 1 aromatic heterocycles. The van der Waals surface area contributed by atoms with Gasteiger partial charge in [-0.1, -0.05) is 162 Å². The van der Waals surface area contributed by atoms with E-state index < -0.39 is 0 Å². The van der Waals surface area contributed by atoms with Gasteiger partial charge in [0.15, 0.2) is 0 Å². The van der Waals surface area contributed by atoms with Crippen LogP contribution < -0.4 is 0 Å². The van der Waals surface area contributed by atoms with Crippen molar-refractivity contribution in [2.75, 3.05) is 32.8 Å². The number of carbonyl (C=O) groups is 2. The van der Waals surface area contributed by atoms with E-state index in [1.165, 1.54) is 128 Å². The summed E-state index contributed by atoms with van der Waals surface area (Å²) >= 11 is 0. The van der Waals surface area contributed by atoms with E-state index >= 15 is 0 Å². The van der Waals surface area contributed by atoms with Gasteiger partial charge in [0.1, 0.15) is 0 Å². The predicted octanol–water partition coefficient (Wildman–Crippen LogP) is 13.0. The lowest BCUT2D eigenvalue weighted by Gasteiger charge is -2.22. The molecule has 0 aliphatic rings. The number of hydrogen-bond donors (Lipinski definition) is 0. The fourth-order valence-corrected chi connectivity index (χ4v) is 7.31. The molecule has 0 fully saturated rings. The number of carbonyl (C=O) groups excluding carboxylic acids is 2. The van der Waals surface area contributed by atoms with Crippen LogP contribution in [0.15, 0.2) is 18.7 Å². The van der Waals surface area contributed by atoms with Crippen LogP contribution in [0.2, 0.25) is 0 Å². The Labute approximate surface area is 328 Å². The Morgan fingerprint density at radius 1 is 0.547 bits per heavy atom. The van der Waals surface area contributed by atoms with Crippen molar-refractivity contribution in [1.82, 2.24) is 14.5 Å². The summed E-state index contributed by atoms with van der Waals surface area (Å²) in [5.74, 6) is 0.159. The van der Waals surface area contributed by atoms with Crippen LogP contribution in [0.5, 0.6) is 0 Å². The van der Waals surface area contributed by atoms with Gasteiger partial charge in [-0.2, -0.15) is 0 Å². The van der Waals surface area contributed by atoms with Gasteiger partial charge in [0.25, 0.3) is 0 Å². The Bertz CT molecular complexity index is 893. The molecule has 0 radical (unpaired) electrons. The Balaban J connectivity index is 2.25. The van der Waals surface area contributed by atoms with Gasteiger partial charge in [-0.25, -0.2) is 4.98 Å². The van der Waals surface area contributed by atoms with E-state index in [2.05, 4.69) is 41.4 Å². The molecule has 1 rings (SSSR count). The van der Waals surface area contributed by atoms with Crippen LogP contribution in [0.3, 0.4) is 0 Å². The summed E-state index contributed by atoms with van der Waals surface area (Å²) in [6.07, 6.45) is 42.3. The van der Waals surface area contributed by atoms with Crippen molar-refractivity contribution in [3.05, 3.63) is 18.7 Å². The van der Waals surface area contributed by atoms with Gasteiger partial charge in [0.2, 0.25) is 0 Å². The summed E-state index contributed by atoms with van der Waals surface area (Å²) in [5, 5.41) is 0. The number of rotatable bonds is 41. The second-order valence-electron chi connectivity index (χ2n) is 15.9. The van der Waals surface area contributed by atoms with Crippen molar-refractivity contribution < 1.29 is 19.1 Å². The van der Waals surface area contributed by atoms with Crippen LogP contribution in [0.4, 0.5) is 0 Å². The number of esters is 2. The van der Waals surface area contributed by atoms with Crippen molar-refractivity contribution in [2.45, 2.75) is 226 Å². The van der Waals surface area contributed by atoms with Crippen molar-refractivity contribution in [2.24, 2.45) is 5.92 Å². The van der Waals surface area contributed by atoms with Crippen LogP contribution in [-0.4, -0.2) is 59.2 Å². The van der Waals surface area contributed by atoms with Gasteiger partial charge >= 0.3 is 11.9 Å². The molecule has 0 saturated heterocycles. The number of imidazole rings is 1. The highest BCUT2D eigenvalue weighted by molar-refractivity contribution is 5.72. The first-order valence-electron chi connectivity index (χ1n) is 23.1. The Hall–Kier alpha value is -1.89. The molecule has 53 heavy (non-hydrogen) atoms. The summed E-state index contributed by atoms with van der Waals surface area (Å²) in [5.41, 5.74) is 0. The van der Waals surface area contributed by atoms with E-state index in [0.29, 0.717) is 19.6 Å². The lowest BCUT2D eigenvalue weighted by molar-refractivity contribution is -0.149. The second-order valence-corrected chi connectivity index (χ2v) is 15.9. The minimum atomic E-state index is -0.0168. The molecule has 0 atom stereocenters. The van der Waals surface area contributed by atoms with E-state index in [-0.39, 0.29) is 17.9 Å². The van der Waals surface area contributed by atoms with E-state index in [1.54, 1.807) is 0 Å². The topological polar surface area (TPSA) is 73.7 Å². The fourth-order valence-electron chi connectivity index (χ4n) is 7.31. The van der Waals surface area contributed by atoms with E-state index in [9.17, 15) is 9.59 Å². The van der Waals surface area contributed by atoms with Crippen LogP contribution in [0, 0.1) is 5.92 Å². The minimum Gasteiger partial charge on any atom is -0.466 e. The van der Waals surface area contributed by atoms with Gasteiger partial charge in [-0.3, -0.25) is 9.59 Å². The van der Waals surface area contributed by atoms with Crippen LogP contribution in [0.25, 0.3) is 0 Å². The smallest absolute Gasteiger partial charge is 0.308 e. The predicted molar refractivity (Wildman–Crippen MR) is 224 cm³/mol. The maximum Gasteiger partial charge on any atom is 0.308 e. The highest BCUT2D eigenvalue weighted by Gasteiger charge is 2.19. The minimum absolute atomic E-state index is 0.0168. The van der Waals surface area contributed by atoms with Crippen LogP contribution >= 0.6 is 0 Å². The summed E-state index contributed by atoms with van der Waals surface area (Å²) in [7, 11) is 0. The van der Waals surface area contributed by atoms with E-state index in [1.807, 2.05) is 12.5 Å². The molecule has 0 aliphatic carbocycles. The molecule has 0 N–H and O–H groups in total. The third kappa shape index (κ3) is 32.1. The molecule has 310 valence electrons. The number of ether oxygens (including phenoxy) is 2. The SMILES string of the molecule is CCCCCCCCC(CCCCCCCC)C(=O)OCCCCCCCN(CCCCCCCC(=O)OCCCCCCC)CCCn1ccnc1. The number of aromatic nitrogens is 2. The largest absolute Gasteiger partial charge is 0.466 e.